The van der Waals surface area contributed by atoms with Crippen molar-refractivity contribution in [1.82, 2.24) is 14.9 Å². The summed E-state index contributed by atoms with van der Waals surface area (Å²) < 4.78 is 3.31. The molecule has 1 saturated heterocycles. The maximum absolute atomic E-state index is 4.73. The number of nitrogens with zero attached hydrogens (tertiary/aromatic N) is 2. The molecule has 0 amide bonds. The van der Waals surface area contributed by atoms with Crippen LogP contribution >= 0.6 is 15.9 Å². The first-order valence-corrected chi connectivity index (χ1v) is 6.41. The Hall–Kier alpha value is -0.870. The Morgan fingerprint density at radius 2 is 2.38 bits per heavy atom. The van der Waals surface area contributed by atoms with Crippen LogP contribution in [0.2, 0.25) is 0 Å². The van der Waals surface area contributed by atoms with Crippen molar-refractivity contribution in [3.8, 4) is 0 Å². The third-order valence-corrected chi connectivity index (χ3v) is 3.89. The van der Waals surface area contributed by atoms with Crippen LogP contribution in [0, 0.1) is 0 Å². The van der Waals surface area contributed by atoms with Crippen LogP contribution < -0.4 is 5.32 Å². The number of halogens is 1. The van der Waals surface area contributed by atoms with E-state index in [1.165, 1.54) is 18.4 Å². The number of hydrogen-bond acceptors (Lipinski definition) is 2. The lowest BCUT2D eigenvalue weighted by Gasteiger charge is -2.09. The highest BCUT2D eigenvalue weighted by molar-refractivity contribution is 9.10. The largest absolute Gasteiger partial charge is 0.329 e. The minimum atomic E-state index is 0.421. The summed E-state index contributed by atoms with van der Waals surface area (Å²) in [6.45, 7) is 1.11. The first-order valence-electron chi connectivity index (χ1n) is 5.61. The zero-order chi connectivity index (χ0) is 11.1. The van der Waals surface area contributed by atoms with Crippen LogP contribution in [-0.4, -0.2) is 16.1 Å². The third kappa shape index (κ3) is 1.48. The zero-order valence-electron chi connectivity index (χ0n) is 9.20. The van der Waals surface area contributed by atoms with E-state index in [2.05, 4.69) is 45.0 Å². The predicted octanol–water partition coefficient (Wildman–Crippen LogP) is 2.76. The topological polar surface area (TPSA) is 29.9 Å². The summed E-state index contributed by atoms with van der Waals surface area (Å²) in [6.07, 6.45) is 2.43. The second kappa shape index (κ2) is 3.86. The van der Waals surface area contributed by atoms with Crippen LogP contribution in [0.25, 0.3) is 11.0 Å². The smallest absolute Gasteiger partial charge is 0.126 e. The van der Waals surface area contributed by atoms with Gasteiger partial charge in [0.1, 0.15) is 5.82 Å². The van der Waals surface area contributed by atoms with Crippen LogP contribution in [-0.2, 0) is 7.05 Å². The highest BCUT2D eigenvalue weighted by atomic mass is 79.9. The lowest BCUT2D eigenvalue weighted by atomic mass is 10.2. The van der Waals surface area contributed by atoms with Crippen molar-refractivity contribution < 1.29 is 0 Å². The van der Waals surface area contributed by atoms with Crippen molar-refractivity contribution in [2.75, 3.05) is 6.54 Å². The highest BCUT2D eigenvalue weighted by Crippen LogP contribution is 2.29. The van der Waals surface area contributed by atoms with Crippen molar-refractivity contribution in [2.24, 2.45) is 7.05 Å². The molecule has 1 aliphatic heterocycles. The van der Waals surface area contributed by atoms with Crippen molar-refractivity contribution in [1.29, 1.82) is 0 Å². The van der Waals surface area contributed by atoms with Crippen LogP contribution in [0.5, 0.6) is 0 Å². The van der Waals surface area contributed by atoms with Gasteiger partial charge >= 0.3 is 0 Å². The molecular formula is C12H14BrN3. The molecule has 16 heavy (non-hydrogen) atoms. The van der Waals surface area contributed by atoms with E-state index in [0.717, 1.165) is 22.4 Å². The SMILES string of the molecule is Cn1c(C2CCCN2)nc2cccc(Br)c21. The summed E-state index contributed by atoms with van der Waals surface area (Å²) in [5.74, 6) is 1.15. The summed E-state index contributed by atoms with van der Waals surface area (Å²) in [5, 5.41) is 3.50. The fraction of sp³-hybridized carbons (Fsp3) is 0.417. The van der Waals surface area contributed by atoms with E-state index in [1.54, 1.807) is 0 Å². The van der Waals surface area contributed by atoms with Crippen molar-refractivity contribution >= 4 is 27.0 Å². The molecule has 0 aliphatic carbocycles. The first kappa shape index (κ1) is 10.3. The Labute approximate surface area is 103 Å². The second-order valence-corrected chi connectivity index (χ2v) is 5.14. The standard InChI is InChI=1S/C12H14BrN3/c1-16-11-8(13)4-2-5-9(11)15-12(16)10-6-3-7-14-10/h2,4-5,10,14H,3,6-7H2,1H3. The van der Waals surface area contributed by atoms with Crippen LogP contribution in [0.4, 0.5) is 0 Å². The van der Waals surface area contributed by atoms with Crippen LogP contribution in [0.15, 0.2) is 22.7 Å². The Morgan fingerprint density at radius 1 is 1.50 bits per heavy atom. The van der Waals surface area contributed by atoms with E-state index in [9.17, 15) is 0 Å². The van der Waals surface area contributed by atoms with Gasteiger partial charge in [-0.1, -0.05) is 6.07 Å². The summed E-state index contributed by atoms with van der Waals surface area (Å²) in [5.41, 5.74) is 2.26. The van der Waals surface area contributed by atoms with Crippen molar-refractivity contribution in [2.45, 2.75) is 18.9 Å². The first-order chi connectivity index (χ1) is 7.77. The van der Waals surface area contributed by atoms with Crippen LogP contribution in [0.1, 0.15) is 24.7 Å². The summed E-state index contributed by atoms with van der Waals surface area (Å²) >= 11 is 3.59. The average molecular weight is 280 g/mol. The summed E-state index contributed by atoms with van der Waals surface area (Å²) in [4.78, 5) is 4.73. The number of aryl methyl sites for hydroxylation is 1. The van der Waals surface area contributed by atoms with Gasteiger partial charge in [-0.15, -0.1) is 0 Å². The molecule has 0 spiro atoms. The van der Waals surface area contributed by atoms with Gasteiger partial charge in [0.05, 0.1) is 17.1 Å². The lowest BCUT2D eigenvalue weighted by Crippen LogP contribution is -2.16. The number of imidazole rings is 1. The molecule has 1 aliphatic rings. The molecule has 1 N–H and O–H groups in total. The number of fused-ring (bicyclic) bond motifs is 1. The minimum absolute atomic E-state index is 0.421. The van der Waals surface area contributed by atoms with Gasteiger partial charge in [-0.3, -0.25) is 0 Å². The molecule has 1 aromatic heterocycles. The van der Waals surface area contributed by atoms with Crippen molar-refractivity contribution in [3.63, 3.8) is 0 Å². The van der Waals surface area contributed by atoms with Crippen molar-refractivity contribution in [3.05, 3.63) is 28.5 Å². The highest BCUT2D eigenvalue weighted by Gasteiger charge is 2.22. The number of benzene rings is 1. The molecular weight excluding hydrogens is 266 g/mol. The molecule has 1 fully saturated rings. The molecule has 2 heterocycles. The van der Waals surface area contributed by atoms with E-state index < -0.39 is 0 Å². The number of hydrogen-bond donors (Lipinski definition) is 1. The van der Waals surface area contributed by atoms with Gasteiger partial charge in [-0.2, -0.15) is 0 Å². The molecule has 3 rings (SSSR count). The van der Waals surface area contributed by atoms with E-state index in [4.69, 9.17) is 4.98 Å². The maximum atomic E-state index is 4.73. The number of rotatable bonds is 1. The normalized spacial score (nSPS) is 20.8. The second-order valence-electron chi connectivity index (χ2n) is 4.29. The van der Waals surface area contributed by atoms with Gasteiger partial charge in [0.25, 0.3) is 0 Å². The molecule has 0 radical (unpaired) electrons. The lowest BCUT2D eigenvalue weighted by molar-refractivity contribution is 0.584. The van der Waals surface area contributed by atoms with E-state index in [0.29, 0.717) is 6.04 Å². The van der Waals surface area contributed by atoms with E-state index in [1.807, 2.05) is 6.07 Å². The monoisotopic (exact) mass is 279 g/mol. The fourth-order valence-corrected chi connectivity index (χ4v) is 3.08. The van der Waals surface area contributed by atoms with Gasteiger partial charge in [0.2, 0.25) is 0 Å². The quantitative estimate of drug-likeness (QED) is 0.870. The molecule has 4 heteroatoms. The molecule has 1 aromatic carbocycles. The van der Waals surface area contributed by atoms with Gasteiger partial charge < -0.3 is 9.88 Å². The number of aromatic nitrogens is 2. The number of nitrogens with one attached hydrogen (secondary N) is 1. The average Bonchev–Trinajstić information content (AvgIpc) is 2.86. The Morgan fingerprint density at radius 3 is 3.06 bits per heavy atom. The third-order valence-electron chi connectivity index (χ3n) is 3.25. The molecule has 0 saturated carbocycles. The Balaban J connectivity index is 2.19. The van der Waals surface area contributed by atoms with Gasteiger partial charge in [0.15, 0.2) is 0 Å². The van der Waals surface area contributed by atoms with E-state index in [-0.39, 0.29) is 0 Å². The van der Waals surface area contributed by atoms with Crippen LogP contribution in [0.3, 0.4) is 0 Å². The number of para-hydroxylation sites is 1. The molecule has 1 unspecified atom stereocenters. The maximum Gasteiger partial charge on any atom is 0.126 e. The zero-order valence-corrected chi connectivity index (χ0v) is 10.8. The molecule has 1 atom stereocenters. The molecule has 0 bridgehead atoms. The van der Waals surface area contributed by atoms with Gasteiger partial charge in [-0.05, 0) is 47.4 Å². The summed E-state index contributed by atoms with van der Waals surface area (Å²) in [7, 11) is 2.09. The Bertz CT molecular complexity index is 526. The van der Waals surface area contributed by atoms with Gasteiger partial charge in [-0.25, -0.2) is 4.98 Å². The minimum Gasteiger partial charge on any atom is -0.329 e. The summed E-state index contributed by atoms with van der Waals surface area (Å²) in [6, 6.07) is 6.59. The Kier molecular flexibility index (Phi) is 2.48. The van der Waals surface area contributed by atoms with E-state index >= 15 is 0 Å². The molecule has 2 aromatic rings. The predicted molar refractivity (Wildman–Crippen MR) is 68.4 cm³/mol. The molecule has 3 nitrogen and oxygen atoms in total. The fourth-order valence-electron chi connectivity index (χ4n) is 2.46. The molecule has 84 valence electrons. The van der Waals surface area contributed by atoms with Gasteiger partial charge in [0, 0.05) is 11.5 Å².